The molecule has 0 aliphatic heterocycles. The van der Waals surface area contributed by atoms with Crippen LogP contribution in [-0.4, -0.2) is 71.8 Å². The molecule has 12 nitrogen and oxygen atoms in total. The van der Waals surface area contributed by atoms with Crippen LogP contribution in [0.1, 0.15) is 38.0 Å². The van der Waals surface area contributed by atoms with E-state index in [4.69, 9.17) is 45.6 Å². The van der Waals surface area contributed by atoms with Crippen molar-refractivity contribution in [3.63, 3.8) is 0 Å². The number of hydrogen-bond donors (Lipinski definition) is 8. The highest BCUT2D eigenvalue weighted by molar-refractivity contribution is 6.01. The molecule has 0 amide bonds. The summed E-state index contributed by atoms with van der Waals surface area (Å²) < 4.78 is 0. The van der Waals surface area contributed by atoms with Gasteiger partial charge in [-0.15, -0.1) is 0 Å². The van der Waals surface area contributed by atoms with Gasteiger partial charge in [-0.1, -0.05) is 109 Å². The summed E-state index contributed by atoms with van der Waals surface area (Å²) >= 11 is 0. The summed E-state index contributed by atoms with van der Waals surface area (Å²) in [6.07, 6.45) is 0. The van der Waals surface area contributed by atoms with Crippen LogP contribution in [0.5, 0.6) is 17.2 Å². The number of hydrogen-bond acceptors (Lipinski definition) is 8. The van der Waals surface area contributed by atoms with Gasteiger partial charge in [0.1, 0.15) is 11.3 Å². The lowest BCUT2D eigenvalue weighted by Gasteiger charge is -1.98. The molecule has 5 aromatic rings. The standard InChI is InChI=1S/C8H6O4.C7H6O3.C6H6O2.2C6H6.C2H4O2.CH4O/c9-7(10)5-3-1-2-4-6(5)8(11)12;8-6-4-2-1-3-5(6)7(9)10;7-5-3-1-2-4-6(5)8;2*1-2-4-6-5-3-1;1-2(3)4;1-2/h1-4H,(H,9,10)(H,11,12);1-4,8H,(H,9,10);1-4,7-8H;2*1-6H;1H3,(H,3,4);2H,1H3. The third-order valence-electron chi connectivity index (χ3n) is 4.74. The molecule has 0 radical (unpaired) electrons. The Hall–Kier alpha value is -6.66. The summed E-state index contributed by atoms with van der Waals surface area (Å²) in [6, 6.07) is 41.4. The summed E-state index contributed by atoms with van der Waals surface area (Å²) in [5.41, 5.74) is -0.447. The Kier molecular flexibility index (Phi) is 25.2. The lowest BCUT2D eigenvalue weighted by atomic mass is 10.1. The zero-order valence-electron chi connectivity index (χ0n) is 26.1. The first-order chi connectivity index (χ1) is 22.9. The second-order valence-electron chi connectivity index (χ2n) is 8.30. The molecule has 0 bridgehead atoms. The van der Waals surface area contributed by atoms with Crippen molar-refractivity contribution < 1.29 is 60.0 Å². The molecule has 0 spiro atoms. The van der Waals surface area contributed by atoms with Crippen LogP contribution in [0.25, 0.3) is 0 Å². The number of aromatic hydroxyl groups is 3. The van der Waals surface area contributed by atoms with Gasteiger partial charge in [0.25, 0.3) is 5.97 Å². The molecule has 5 rings (SSSR count). The number of aliphatic hydroxyl groups excluding tert-OH is 1. The van der Waals surface area contributed by atoms with Gasteiger partial charge in [-0.2, -0.15) is 0 Å². The summed E-state index contributed by atoms with van der Waals surface area (Å²) in [5, 5.41) is 66.2. The molecule has 254 valence electrons. The van der Waals surface area contributed by atoms with Gasteiger partial charge in [-0.05, 0) is 36.4 Å². The van der Waals surface area contributed by atoms with Crippen LogP contribution in [-0.2, 0) is 4.79 Å². The largest absolute Gasteiger partial charge is 0.507 e. The molecule has 0 unspecified atom stereocenters. The molecular formula is C36H38O12. The molecule has 48 heavy (non-hydrogen) atoms. The van der Waals surface area contributed by atoms with Gasteiger partial charge in [0.05, 0.1) is 11.1 Å². The third kappa shape index (κ3) is 22.8. The Morgan fingerprint density at radius 3 is 0.708 bits per heavy atom. The maximum atomic E-state index is 10.5. The average Bonchev–Trinajstić information content (AvgIpc) is 3.09. The van der Waals surface area contributed by atoms with Gasteiger partial charge in [0.15, 0.2) is 11.5 Å². The van der Waals surface area contributed by atoms with Gasteiger partial charge in [0.2, 0.25) is 0 Å². The second kappa shape index (κ2) is 27.9. The Morgan fingerprint density at radius 2 is 0.542 bits per heavy atom. The summed E-state index contributed by atoms with van der Waals surface area (Å²) in [5.74, 6) is -4.76. The Labute approximate surface area is 277 Å². The highest BCUT2D eigenvalue weighted by atomic mass is 16.4. The van der Waals surface area contributed by atoms with Crippen molar-refractivity contribution >= 4 is 23.9 Å². The van der Waals surface area contributed by atoms with E-state index in [1.54, 1.807) is 24.3 Å². The Morgan fingerprint density at radius 1 is 0.354 bits per heavy atom. The maximum absolute atomic E-state index is 10.5. The van der Waals surface area contributed by atoms with Gasteiger partial charge in [-0.25, -0.2) is 14.4 Å². The number of phenols is 3. The molecule has 0 aromatic heterocycles. The van der Waals surface area contributed by atoms with Crippen LogP contribution in [0, 0.1) is 0 Å². The zero-order valence-corrected chi connectivity index (χ0v) is 26.1. The number of carboxylic acid groups (broad SMARTS) is 4. The SMILES string of the molecule is CC(=O)O.CO.O=C(O)c1ccccc1C(=O)O.O=C(O)c1ccccc1O.Oc1ccccc1O.c1ccccc1.c1ccccc1. The summed E-state index contributed by atoms with van der Waals surface area (Å²) in [4.78, 5) is 40.2. The first-order valence-corrected chi connectivity index (χ1v) is 13.6. The summed E-state index contributed by atoms with van der Waals surface area (Å²) in [7, 11) is 1.00. The molecule has 8 N–H and O–H groups in total. The van der Waals surface area contributed by atoms with Gasteiger partial charge >= 0.3 is 17.9 Å². The molecule has 0 saturated heterocycles. The van der Waals surface area contributed by atoms with Crippen LogP contribution in [0.3, 0.4) is 0 Å². The molecule has 5 aromatic carbocycles. The van der Waals surface area contributed by atoms with Crippen LogP contribution in [0.15, 0.2) is 146 Å². The van der Waals surface area contributed by atoms with Crippen molar-refractivity contribution in [1.82, 2.24) is 0 Å². The average molecular weight is 663 g/mol. The molecule has 0 atom stereocenters. The number of carbonyl (C=O) groups is 4. The van der Waals surface area contributed by atoms with E-state index in [-0.39, 0.29) is 33.9 Å². The van der Waals surface area contributed by atoms with Gasteiger partial charge in [-0.3, -0.25) is 4.79 Å². The number of para-hydroxylation sites is 3. The maximum Gasteiger partial charge on any atom is 0.339 e. The predicted molar refractivity (Wildman–Crippen MR) is 180 cm³/mol. The first-order valence-electron chi connectivity index (χ1n) is 13.6. The van der Waals surface area contributed by atoms with E-state index in [9.17, 15) is 14.4 Å². The number of aliphatic carboxylic acids is 1. The predicted octanol–water partition coefficient (Wildman–Crippen LogP) is 6.34. The quantitative estimate of drug-likeness (QED) is 0.0989. The first kappa shape index (κ1) is 43.5. The van der Waals surface area contributed by atoms with Crippen molar-refractivity contribution in [1.29, 1.82) is 0 Å². The molecule has 12 heteroatoms. The van der Waals surface area contributed by atoms with Crippen molar-refractivity contribution in [2.24, 2.45) is 0 Å². The number of rotatable bonds is 3. The van der Waals surface area contributed by atoms with Crippen LogP contribution in [0.2, 0.25) is 0 Å². The Balaban J connectivity index is 0. The minimum absolute atomic E-state index is 0.0671. The van der Waals surface area contributed by atoms with Crippen molar-refractivity contribution in [2.45, 2.75) is 6.92 Å². The normalized spacial score (nSPS) is 8.40. The third-order valence-corrected chi connectivity index (χ3v) is 4.74. The minimum Gasteiger partial charge on any atom is -0.507 e. The number of aromatic carboxylic acids is 3. The molecule has 0 saturated carbocycles. The van der Waals surface area contributed by atoms with E-state index in [0.29, 0.717) is 0 Å². The van der Waals surface area contributed by atoms with E-state index >= 15 is 0 Å². The van der Waals surface area contributed by atoms with E-state index < -0.39 is 23.9 Å². The molecular weight excluding hydrogens is 624 g/mol. The lowest BCUT2D eigenvalue weighted by molar-refractivity contribution is -0.134. The topological polar surface area (TPSA) is 230 Å². The van der Waals surface area contributed by atoms with Crippen molar-refractivity contribution in [2.75, 3.05) is 7.11 Å². The molecule has 0 aliphatic carbocycles. The highest BCUT2D eigenvalue weighted by Gasteiger charge is 2.13. The highest BCUT2D eigenvalue weighted by Crippen LogP contribution is 2.21. The van der Waals surface area contributed by atoms with Gasteiger partial charge in [0, 0.05) is 14.0 Å². The smallest absolute Gasteiger partial charge is 0.339 e. The number of carboxylic acids is 4. The molecule has 0 fully saturated rings. The molecule has 0 heterocycles. The van der Waals surface area contributed by atoms with Crippen molar-refractivity contribution in [3.8, 4) is 17.2 Å². The van der Waals surface area contributed by atoms with E-state index in [2.05, 4.69) is 0 Å². The summed E-state index contributed by atoms with van der Waals surface area (Å²) in [6.45, 7) is 1.08. The van der Waals surface area contributed by atoms with Crippen molar-refractivity contribution in [3.05, 3.63) is 162 Å². The van der Waals surface area contributed by atoms with E-state index in [0.717, 1.165) is 14.0 Å². The van der Waals surface area contributed by atoms with Crippen LogP contribution < -0.4 is 0 Å². The fourth-order valence-corrected chi connectivity index (χ4v) is 2.74. The number of aliphatic hydroxyl groups is 1. The van der Waals surface area contributed by atoms with Gasteiger partial charge < -0.3 is 40.9 Å². The fourth-order valence-electron chi connectivity index (χ4n) is 2.74. The number of benzene rings is 5. The van der Waals surface area contributed by atoms with E-state index in [1.165, 1.54) is 48.5 Å². The fraction of sp³-hybridized carbons (Fsp3) is 0.0556. The minimum atomic E-state index is -1.23. The van der Waals surface area contributed by atoms with Crippen LogP contribution >= 0.6 is 0 Å². The monoisotopic (exact) mass is 662 g/mol. The zero-order chi connectivity index (χ0) is 36.7. The molecule has 0 aliphatic rings. The van der Waals surface area contributed by atoms with Crippen LogP contribution in [0.4, 0.5) is 0 Å². The van der Waals surface area contributed by atoms with E-state index in [1.807, 2.05) is 72.8 Å². The number of phenolic OH excluding ortho intramolecular Hbond substituents is 2. The second-order valence-corrected chi connectivity index (χ2v) is 8.30. The lowest BCUT2D eigenvalue weighted by Crippen LogP contribution is -2.06. The Bertz CT molecular complexity index is 1450.